The number of anilines is 1. The van der Waals surface area contributed by atoms with Crippen LogP contribution in [0.2, 0.25) is 0 Å². The Kier molecular flexibility index (Phi) is 5.04. The highest BCUT2D eigenvalue weighted by atomic mass is 32.1. The standard InChI is InChI=1S/C22H19N3O2S/c1-2-15-7-6-10-17(11-15)24-20(26)13-25-14-23-21-18(22(25)27)12-19(28-21)16-8-4-3-5-9-16/h3-12,14H,2,13H2,1H3,(H,24,26). The monoisotopic (exact) mass is 389 g/mol. The molecule has 0 spiro atoms. The van der Waals surface area contributed by atoms with Gasteiger partial charge in [-0.1, -0.05) is 49.4 Å². The quantitative estimate of drug-likeness (QED) is 0.553. The second-order valence-corrected chi connectivity index (χ2v) is 7.51. The second kappa shape index (κ2) is 7.78. The number of rotatable bonds is 5. The third-order valence-corrected chi connectivity index (χ3v) is 5.60. The van der Waals surface area contributed by atoms with E-state index >= 15 is 0 Å². The van der Waals surface area contributed by atoms with E-state index in [0.29, 0.717) is 10.2 Å². The van der Waals surface area contributed by atoms with Gasteiger partial charge in [0.2, 0.25) is 5.91 Å². The Bertz CT molecular complexity index is 1200. The summed E-state index contributed by atoms with van der Waals surface area (Å²) in [6.07, 6.45) is 2.34. The number of fused-ring (bicyclic) bond motifs is 1. The fourth-order valence-corrected chi connectivity index (χ4v) is 4.04. The summed E-state index contributed by atoms with van der Waals surface area (Å²) >= 11 is 1.47. The molecule has 2 heterocycles. The van der Waals surface area contributed by atoms with E-state index in [-0.39, 0.29) is 18.0 Å². The minimum atomic E-state index is -0.255. The highest BCUT2D eigenvalue weighted by Crippen LogP contribution is 2.30. The van der Waals surface area contributed by atoms with Crippen molar-refractivity contribution in [2.45, 2.75) is 19.9 Å². The maximum atomic E-state index is 12.8. The number of aromatic nitrogens is 2. The molecule has 4 rings (SSSR count). The van der Waals surface area contributed by atoms with Crippen LogP contribution in [0.15, 0.2) is 71.8 Å². The van der Waals surface area contributed by atoms with E-state index in [2.05, 4.69) is 17.2 Å². The number of amides is 1. The summed E-state index contributed by atoms with van der Waals surface area (Å²) in [7, 11) is 0. The van der Waals surface area contributed by atoms with E-state index in [0.717, 1.165) is 28.1 Å². The molecule has 5 nitrogen and oxygen atoms in total. The Morgan fingerprint density at radius 3 is 2.71 bits per heavy atom. The molecule has 28 heavy (non-hydrogen) atoms. The Hall–Kier alpha value is -3.25. The zero-order valence-corrected chi connectivity index (χ0v) is 16.2. The fourth-order valence-electron chi connectivity index (χ4n) is 3.04. The lowest BCUT2D eigenvalue weighted by Crippen LogP contribution is -2.27. The summed E-state index contributed by atoms with van der Waals surface area (Å²) in [5, 5.41) is 3.38. The van der Waals surface area contributed by atoms with Crippen molar-refractivity contribution in [3.63, 3.8) is 0 Å². The molecule has 1 amide bonds. The molecule has 0 radical (unpaired) electrons. The molecule has 0 unspecified atom stereocenters. The van der Waals surface area contributed by atoms with E-state index in [1.165, 1.54) is 22.2 Å². The number of hydrogen-bond donors (Lipinski definition) is 1. The van der Waals surface area contributed by atoms with E-state index in [1.807, 2.05) is 60.7 Å². The van der Waals surface area contributed by atoms with Crippen LogP contribution in [-0.2, 0) is 17.8 Å². The predicted molar refractivity (Wildman–Crippen MR) is 114 cm³/mol. The highest BCUT2D eigenvalue weighted by molar-refractivity contribution is 7.21. The van der Waals surface area contributed by atoms with Gasteiger partial charge in [-0.3, -0.25) is 14.2 Å². The average Bonchev–Trinajstić information content (AvgIpc) is 3.16. The van der Waals surface area contributed by atoms with E-state index in [1.54, 1.807) is 0 Å². The van der Waals surface area contributed by atoms with Crippen molar-refractivity contribution in [3.05, 3.63) is 82.9 Å². The first-order chi connectivity index (χ1) is 13.6. The first kappa shape index (κ1) is 18.1. The van der Waals surface area contributed by atoms with Crippen molar-refractivity contribution in [1.29, 1.82) is 0 Å². The van der Waals surface area contributed by atoms with Gasteiger partial charge in [0, 0.05) is 10.6 Å². The largest absolute Gasteiger partial charge is 0.325 e. The molecule has 2 aromatic carbocycles. The normalized spacial score (nSPS) is 10.9. The van der Waals surface area contributed by atoms with Gasteiger partial charge >= 0.3 is 0 Å². The maximum Gasteiger partial charge on any atom is 0.262 e. The van der Waals surface area contributed by atoms with Crippen LogP contribution in [-0.4, -0.2) is 15.5 Å². The zero-order chi connectivity index (χ0) is 19.5. The first-order valence-electron chi connectivity index (χ1n) is 9.07. The second-order valence-electron chi connectivity index (χ2n) is 6.48. The van der Waals surface area contributed by atoms with Crippen LogP contribution in [0.25, 0.3) is 20.7 Å². The molecule has 6 heteroatoms. The van der Waals surface area contributed by atoms with E-state index < -0.39 is 0 Å². The van der Waals surface area contributed by atoms with Crippen LogP contribution in [0.1, 0.15) is 12.5 Å². The Labute approximate surface area is 166 Å². The molecule has 0 saturated carbocycles. The number of carbonyl (C=O) groups excluding carboxylic acids is 1. The Balaban J connectivity index is 1.58. The van der Waals surface area contributed by atoms with Gasteiger partial charge in [-0.2, -0.15) is 0 Å². The Morgan fingerprint density at radius 2 is 1.93 bits per heavy atom. The lowest BCUT2D eigenvalue weighted by Gasteiger charge is -2.08. The molecule has 2 aromatic heterocycles. The molecule has 0 atom stereocenters. The van der Waals surface area contributed by atoms with Crippen LogP contribution in [0.3, 0.4) is 0 Å². The predicted octanol–water partition coefficient (Wildman–Crippen LogP) is 4.33. The van der Waals surface area contributed by atoms with Gasteiger partial charge < -0.3 is 5.32 Å². The number of carbonyl (C=O) groups is 1. The van der Waals surface area contributed by atoms with E-state index in [4.69, 9.17) is 0 Å². The molecule has 1 N–H and O–H groups in total. The molecular formula is C22H19N3O2S. The van der Waals surface area contributed by atoms with Crippen LogP contribution in [0.5, 0.6) is 0 Å². The lowest BCUT2D eigenvalue weighted by molar-refractivity contribution is -0.116. The smallest absolute Gasteiger partial charge is 0.262 e. The van der Waals surface area contributed by atoms with Gasteiger partial charge in [-0.25, -0.2) is 4.98 Å². The van der Waals surface area contributed by atoms with Gasteiger partial charge in [0.25, 0.3) is 5.56 Å². The highest BCUT2D eigenvalue weighted by Gasteiger charge is 2.12. The fraction of sp³-hybridized carbons (Fsp3) is 0.136. The number of nitrogens with one attached hydrogen (secondary N) is 1. The van der Waals surface area contributed by atoms with Crippen molar-refractivity contribution in [2.24, 2.45) is 0 Å². The summed E-state index contributed by atoms with van der Waals surface area (Å²) in [4.78, 5) is 31.3. The van der Waals surface area contributed by atoms with Gasteiger partial charge in [0.05, 0.1) is 11.7 Å². The van der Waals surface area contributed by atoms with Crippen molar-refractivity contribution < 1.29 is 4.79 Å². The molecule has 0 aliphatic heterocycles. The summed E-state index contributed by atoms with van der Waals surface area (Å²) in [6.45, 7) is 1.99. The van der Waals surface area contributed by atoms with Crippen LogP contribution < -0.4 is 10.9 Å². The number of nitrogens with zero attached hydrogens (tertiary/aromatic N) is 2. The lowest BCUT2D eigenvalue weighted by atomic mass is 10.1. The minimum absolute atomic E-state index is 0.0748. The zero-order valence-electron chi connectivity index (χ0n) is 15.4. The summed E-state index contributed by atoms with van der Waals surface area (Å²) in [5.41, 5.74) is 2.71. The number of hydrogen-bond acceptors (Lipinski definition) is 4. The van der Waals surface area contributed by atoms with Crippen LogP contribution >= 0.6 is 11.3 Å². The summed E-state index contributed by atoms with van der Waals surface area (Å²) in [5.74, 6) is -0.255. The molecule has 4 aromatic rings. The molecule has 0 bridgehead atoms. The third kappa shape index (κ3) is 3.73. The average molecular weight is 389 g/mol. The molecular weight excluding hydrogens is 370 g/mol. The topological polar surface area (TPSA) is 64.0 Å². The molecule has 0 aliphatic rings. The molecule has 0 aliphatic carbocycles. The van der Waals surface area contributed by atoms with Gasteiger partial charge in [0.1, 0.15) is 11.4 Å². The molecule has 0 fully saturated rings. The van der Waals surface area contributed by atoms with Crippen LogP contribution in [0, 0.1) is 0 Å². The summed E-state index contributed by atoms with van der Waals surface area (Å²) < 4.78 is 1.35. The van der Waals surface area contributed by atoms with Gasteiger partial charge in [0.15, 0.2) is 0 Å². The number of thiophene rings is 1. The van der Waals surface area contributed by atoms with Gasteiger partial charge in [-0.15, -0.1) is 11.3 Å². The summed E-state index contributed by atoms with van der Waals surface area (Å²) in [6, 6.07) is 19.4. The first-order valence-corrected chi connectivity index (χ1v) is 9.89. The minimum Gasteiger partial charge on any atom is -0.325 e. The third-order valence-electron chi connectivity index (χ3n) is 4.51. The van der Waals surface area contributed by atoms with Crippen molar-refractivity contribution in [1.82, 2.24) is 9.55 Å². The van der Waals surface area contributed by atoms with Crippen LogP contribution in [0.4, 0.5) is 5.69 Å². The Morgan fingerprint density at radius 1 is 1.11 bits per heavy atom. The molecule has 140 valence electrons. The number of aryl methyl sites for hydroxylation is 1. The van der Waals surface area contributed by atoms with Crippen molar-refractivity contribution in [3.8, 4) is 10.4 Å². The number of benzene rings is 2. The van der Waals surface area contributed by atoms with Gasteiger partial charge in [-0.05, 0) is 35.7 Å². The maximum absolute atomic E-state index is 12.8. The SMILES string of the molecule is CCc1cccc(NC(=O)Cn2cnc3sc(-c4ccccc4)cc3c2=O)c1. The van der Waals surface area contributed by atoms with Crippen molar-refractivity contribution >= 4 is 33.1 Å². The van der Waals surface area contributed by atoms with E-state index in [9.17, 15) is 9.59 Å². The molecule has 0 saturated heterocycles. The van der Waals surface area contributed by atoms with Crippen molar-refractivity contribution in [2.75, 3.05) is 5.32 Å².